The molecule has 3 rings (SSSR count). The number of rotatable bonds is 3. The van der Waals surface area contributed by atoms with Gasteiger partial charge in [0.05, 0.1) is 11.8 Å². The summed E-state index contributed by atoms with van der Waals surface area (Å²) in [6.07, 6.45) is 3.82. The van der Waals surface area contributed by atoms with Crippen molar-refractivity contribution >= 4 is 27.0 Å². The third-order valence-electron chi connectivity index (χ3n) is 4.36. The molecule has 3 heterocycles. The van der Waals surface area contributed by atoms with Gasteiger partial charge in [-0.05, 0) is 19.8 Å². The fourth-order valence-electron chi connectivity index (χ4n) is 3.08. The SMILES string of the molecule is Cc1oc2ncn(C)c(=O)c2c1C(=O)NC1CCCN(S(C)(=O)=O)C1. The van der Waals surface area contributed by atoms with Crippen LogP contribution < -0.4 is 10.9 Å². The van der Waals surface area contributed by atoms with E-state index < -0.39 is 15.9 Å². The second kappa shape index (κ2) is 6.26. The molecule has 25 heavy (non-hydrogen) atoms. The summed E-state index contributed by atoms with van der Waals surface area (Å²) >= 11 is 0. The number of piperidine rings is 1. The van der Waals surface area contributed by atoms with E-state index in [9.17, 15) is 18.0 Å². The van der Waals surface area contributed by atoms with Crippen LogP contribution in [0.2, 0.25) is 0 Å². The molecular formula is C15H20N4O5S. The lowest BCUT2D eigenvalue weighted by Gasteiger charge is -2.31. The molecule has 0 radical (unpaired) electrons. The molecule has 2 aromatic rings. The maximum atomic E-state index is 12.7. The third kappa shape index (κ3) is 3.31. The molecule has 10 heteroatoms. The van der Waals surface area contributed by atoms with Gasteiger partial charge in [-0.1, -0.05) is 0 Å². The number of nitrogens with one attached hydrogen (secondary N) is 1. The smallest absolute Gasteiger partial charge is 0.265 e. The van der Waals surface area contributed by atoms with Gasteiger partial charge in [0, 0.05) is 26.2 Å². The summed E-state index contributed by atoms with van der Waals surface area (Å²) in [5, 5.41) is 2.96. The molecule has 1 N–H and O–H groups in total. The Hall–Kier alpha value is -2.20. The van der Waals surface area contributed by atoms with Gasteiger partial charge in [-0.2, -0.15) is 0 Å². The summed E-state index contributed by atoms with van der Waals surface area (Å²) < 4.78 is 31.5. The summed E-state index contributed by atoms with van der Waals surface area (Å²) in [4.78, 5) is 29.1. The summed E-state index contributed by atoms with van der Waals surface area (Å²) in [6, 6.07) is -0.319. The number of carbonyl (C=O) groups is 1. The number of aryl methyl sites for hydroxylation is 2. The van der Waals surface area contributed by atoms with E-state index >= 15 is 0 Å². The number of sulfonamides is 1. The Labute approximate surface area is 144 Å². The van der Waals surface area contributed by atoms with Crippen molar-refractivity contribution in [2.24, 2.45) is 7.05 Å². The van der Waals surface area contributed by atoms with Gasteiger partial charge in [-0.15, -0.1) is 0 Å². The first-order valence-corrected chi connectivity index (χ1v) is 9.74. The van der Waals surface area contributed by atoms with E-state index in [4.69, 9.17) is 4.42 Å². The number of amides is 1. The average Bonchev–Trinajstić information content (AvgIpc) is 2.87. The number of fused-ring (bicyclic) bond motifs is 1. The van der Waals surface area contributed by atoms with Crippen molar-refractivity contribution in [1.82, 2.24) is 19.2 Å². The summed E-state index contributed by atoms with van der Waals surface area (Å²) in [7, 11) is -1.76. The third-order valence-corrected chi connectivity index (χ3v) is 5.63. The van der Waals surface area contributed by atoms with Crippen LogP contribution in [0.4, 0.5) is 0 Å². The van der Waals surface area contributed by atoms with Gasteiger partial charge in [-0.3, -0.25) is 9.59 Å². The van der Waals surface area contributed by atoms with Crippen molar-refractivity contribution in [3.63, 3.8) is 0 Å². The molecule has 0 spiro atoms. The Kier molecular flexibility index (Phi) is 4.41. The highest BCUT2D eigenvalue weighted by atomic mass is 32.2. The number of hydrogen-bond donors (Lipinski definition) is 1. The quantitative estimate of drug-likeness (QED) is 0.815. The van der Waals surface area contributed by atoms with Crippen molar-refractivity contribution in [3.8, 4) is 0 Å². The summed E-state index contributed by atoms with van der Waals surface area (Å²) in [5.74, 6) is -0.152. The lowest BCUT2D eigenvalue weighted by atomic mass is 10.1. The van der Waals surface area contributed by atoms with Crippen molar-refractivity contribution in [2.45, 2.75) is 25.8 Å². The molecule has 2 aromatic heterocycles. The normalized spacial score (nSPS) is 19.2. The van der Waals surface area contributed by atoms with Gasteiger partial charge < -0.3 is 14.3 Å². The van der Waals surface area contributed by atoms with Crippen LogP contribution in [-0.2, 0) is 17.1 Å². The molecule has 136 valence electrons. The highest BCUT2D eigenvalue weighted by molar-refractivity contribution is 7.88. The van der Waals surface area contributed by atoms with Crippen molar-refractivity contribution < 1.29 is 17.6 Å². The van der Waals surface area contributed by atoms with E-state index in [1.165, 1.54) is 15.2 Å². The second-order valence-corrected chi connectivity index (χ2v) is 8.29. The zero-order valence-corrected chi connectivity index (χ0v) is 15.1. The Bertz CT molecular complexity index is 991. The van der Waals surface area contributed by atoms with Gasteiger partial charge in [0.1, 0.15) is 17.5 Å². The largest absolute Gasteiger partial charge is 0.442 e. The molecule has 0 aromatic carbocycles. The maximum absolute atomic E-state index is 12.7. The molecule has 0 saturated carbocycles. The first-order chi connectivity index (χ1) is 11.7. The Morgan fingerprint density at radius 1 is 1.44 bits per heavy atom. The van der Waals surface area contributed by atoms with Crippen molar-refractivity contribution in [2.75, 3.05) is 19.3 Å². The van der Waals surface area contributed by atoms with Crippen LogP contribution in [0, 0.1) is 6.92 Å². The van der Waals surface area contributed by atoms with Crippen LogP contribution >= 0.6 is 0 Å². The fourth-order valence-corrected chi connectivity index (χ4v) is 3.99. The van der Waals surface area contributed by atoms with Gasteiger partial charge in [-0.25, -0.2) is 17.7 Å². The van der Waals surface area contributed by atoms with Gasteiger partial charge >= 0.3 is 0 Å². The van der Waals surface area contributed by atoms with Crippen LogP contribution in [0.1, 0.15) is 29.0 Å². The summed E-state index contributed by atoms with van der Waals surface area (Å²) in [5.41, 5.74) is -0.0965. The predicted molar refractivity (Wildman–Crippen MR) is 90.9 cm³/mol. The van der Waals surface area contributed by atoms with E-state index in [-0.39, 0.29) is 34.8 Å². The van der Waals surface area contributed by atoms with Crippen LogP contribution in [0.15, 0.2) is 15.5 Å². The first-order valence-electron chi connectivity index (χ1n) is 7.89. The number of aromatic nitrogens is 2. The molecule has 0 aliphatic carbocycles. The first kappa shape index (κ1) is 17.6. The number of nitrogens with zero attached hydrogens (tertiary/aromatic N) is 3. The lowest BCUT2D eigenvalue weighted by molar-refractivity contribution is 0.0921. The minimum atomic E-state index is -3.30. The highest BCUT2D eigenvalue weighted by Gasteiger charge is 2.29. The molecule has 1 aliphatic rings. The lowest BCUT2D eigenvalue weighted by Crippen LogP contribution is -2.49. The molecule has 9 nitrogen and oxygen atoms in total. The van der Waals surface area contributed by atoms with E-state index in [2.05, 4.69) is 10.3 Å². The average molecular weight is 368 g/mol. The zero-order chi connectivity index (χ0) is 18.4. The van der Waals surface area contributed by atoms with Crippen molar-refractivity contribution in [1.29, 1.82) is 0 Å². The standard InChI is InChI=1S/C15H20N4O5S/c1-9-11(12-14(24-9)16-8-18(2)15(12)21)13(20)17-10-5-4-6-19(7-10)25(3,22)23/h8,10H,4-7H2,1-3H3,(H,17,20). The zero-order valence-electron chi connectivity index (χ0n) is 14.3. The van der Waals surface area contributed by atoms with Crippen LogP contribution in [0.25, 0.3) is 11.1 Å². The Morgan fingerprint density at radius 3 is 2.84 bits per heavy atom. The van der Waals surface area contributed by atoms with Crippen LogP contribution in [-0.4, -0.2) is 53.6 Å². The van der Waals surface area contributed by atoms with Gasteiger partial charge in [0.15, 0.2) is 0 Å². The number of hydrogen-bond acceptors (Lipinski definition) is 6. The maximum Gasteiger partial charge on any atom is 0.265 e. The summed E-state index contributed by atoms with van der Waals surface area (Å²) in [6.45, 7) is 2.26. The molecule has 1 amide bonds. The van der Waals surface area contributed by atoms with Gasteiger partial charge in [0.2, 0.25) is 15.7 Å². The predicted octanol–water partition coefficient (Wildman–Crippen LogP) is -0.0113. The van der Waals surface area contributed by atoms with Crippen LogP contribution in [0.3, 0.4) is 0 Å². The van der Waals surface area contributed by atoms with Crippen molar-refractivity contribution in [3.05, 3.63) is 28.0 Å². The molecule has 0 bridgehead atoms. The Morgan fingerprint density at radius 2 is 2.16 bits per heavy atom. The monoisotopic (exact) mass is 368 g/mol. The molecular weight excluding hydrogens is 348 g/mol. The number of furan rings is 1. The number of carbonyl (C=O) groups excluding carboxylic acids is 1. The second-order valence-electron chi connectivity index (χ2n) is 6.31. The Balaban J connectivity index is 1.89. The molecule has 1 saturated heterocycles. The van der Waals surface area contributed by atoms with E-state index in [0.29, 0.717) is 25.1 Å². The fraction of sp³-hybridized carbons (Fsp3) is 0.533. The minimum Gasteiger partial charge on any atom is -0.442 e. The molecule has 1 atom stereocenters. The molecule has 1 aliphatic heterocycles. The van der Waals surface area contributed by atoms with E-state index in [1.807, 2.05) is 0 Å². The van der Waals surface area contributed by atoms with E-state index in [0.717, 1.165) is 6.26 Å². The molecule has 1 unspecified atom stereocenters. The molecule has 1 fully saturated rings. The minimum absolute atomic E-state index is 0.118. The highest BCUT2D eigenvalue weighted by Crippen LogP contribution is 2.21. The van der Waals surface area contributed by atoms with Crippen LogP contribution in [0.5, 0.6) is 0 Å². The topological polar surface area (TPSA) is 115 Å². The van der Waals surface area contributed by atoms with E-state index in [1.54, 1.807) is 14.0 Å². The van der Waals surface area contributed by atoms with Gasteiger partial charge in [0.25, 0.3) is 11.5 Å².